The number of aliphatic carboxylic acids is 3. The quantitative estimate of drug-likeness (QED) is 0.316. The number of carboxylic acids is 3. The molecule has 0 amide bonds. The van der Waals surface area contributed by atoms with Gasteiger partial charge in [0.2, 0.25) is 0 Å². The van der Waals surface area contributed by atoms with Gasteiger partial charge in [-0.25, -0.2) is 24.4 Å². The molecule has 0 atom stereocenters. The van der Waals surface area contributed by atoms with Crippen LogP contribution in [0.5, 0.6) is 0 Å². The predicted molar refractivity (Wildman–Crippen MR) is 139 cm³/mol. The molecule has 46 heavy (non-hydrogen) atoms. The van der Waals surface area contributed by atoms with Crippen LogP contribution in [0, 0.1) is 0 Å². The Morgan fingerprint density at radius 3 is 1.87 bits per heavy atom. The van der Waals surface area contributed by atoms with Gasteiger partial charge in [0.15, 0.2) is 0 Å². The Balaban J connectivity index is 0.000000413. The van der Waals surface area contributed by atoms with Gasteiger partial charge in [0.1, 0.15) is 10.8 Å². The largest absolute Gasteiger partial charge is 0.490 e. The highest BCUT2D eigenvalue weighted by Crippen LogP contribution is 2.18. The molecule has 3 aromatic heterocycles. The minimum atomic E-state index is -5.08. The molecule has 0 saturated carbocycles. The number of fused-ring (bicyclic) bond motifs is 1. The number of alkyl halides is 9. The molecule has 3 N–H and O–H groups in total. The standard InChI is InChI=1S/C18H22N6S.3C2HF3O2/c1-22(10-15-3-2-4-19-9-15)11-16-12-24-7-6-23(13-17(24)21-16)14-18-20-5-8-25-18;3*3-2(4,5)1(6)7/h2-5,8-9,12H,6-7,10-11,13-14H2,1H3;3*(H,6,7). The number of thiazole rings is 1. The van der Waals surface area contributed by atoms with Gasteiger partial charge < -0.3 is 19.9 Å². The van der Waals surface area contributed by atoms with Crippen molar-refractivity contribution in [1.29, 1.82) is 0 Å². The van der Waals surface area contributed by atoms with Crippen molar-refractivity contribution in [3.63, 3.8) is 0 Å². The Morgan fingerprint density at radius 1 is 0.891 bits per heavy atom. The van der Waals surface area contributed by atoms with E-state index in [1.807, 2.05) is 30.0 Å². The lowest BCUT2D eigenvalue weighted by molar-refractivity contribution is -0.193. The third-order valence-electron chi connectivity index (χ3n) is 5.11. The molecule has 0 spiro atoms. The smallest absolute Gasteiger partial charge is 0.475 e. The number of imidazole rings is 1. The monoisotopic (exact) mass is 696 g/mol. The molecule has 0 bridgehead atoms. The van der Waals surface area contributed by atoms with Crippen molar-refractivity contribution < 1.29 is 69.2 Å². The average Bonchev–Trinajstić information content (AvgIpc) is 3.58. The molecule has 4 rings (SSSR count). The van der Waals surface area contributed by atoms with Crippen LogP contribution in [-0.2, 0) is 47.1 Å². The zero-order valence-electron chi connectivity index (χ0n) is 23.3. The number of pyridine rings is 1. The average molecular weight is 697 g/mol. The minimum absolute atomic E-state index is 0.849. The van der Waals surface area contributed by atoms with E-state index in [0.717, 1.165) is 50.8 Å². The fourth-order valence-electron chi connectivity index (χ4n) is 3.23. The lowest BCUT2D eigenvalue weighted by Gasteiger charge is -2.26. The van der Waals surface area contributed by atoms with E-state index >= 15 is 0 Å². The fourth-order valence-corrected chi connectivity index (χ4v) is 3.89. The number of rotatable bonds is 6. The van der Waals surface area contributed by atoms with Gasteiger partial charge in [0, 0.05) is 56.3 Å². The van der Waals surface area contributed by atoms with Crippen LogP contribution in [-0.4, -0.2) is 94.7 Å². The molecule has 12 nitrogen and oxygen atoms in total. The fraction of sp³-hybridized carbons (Fsp3) is 0.417. The van der Waals surface area contributed by atoms with E-state index in [2.05, 4.69) is 43.6 Å². The number of hydrogen-bond donors (Lipinski definition) is 3. The van der Waals surface area contributed by atoms with Crippen LogP contribution in [0.25, 0.3) is 0 Å². The Labute approximate surface area is 257 Å². The molecule has 0 radical (unpaired) electrons. The first-order valence-corrected chi connectivity index (χ1v) is 13.1. The second kappa shape index (κ2) is 17.4. The van der Waals surface area contributed by atoms with Gasteiger partial charge in [-0.1, -0.05) is 6.07 Å². The minimum Gasteiger partial charge on any atom is -0.475 e. The summed E-state index contributed by atoms with van der Waals surface area (Å²) < 4.78 is 97.5. The van der Waals surface area contributed by atoms with Gasteiger partial charge in [-0.15, -0.1) is 11.3 Å². The molecule has 0 unspecified atom stereocenters. The second-order valence-electron chi connectivity index (χ2n) is 8.92. The summed E-state index contributed by atoms with van der Waals surface area (Å²) in [4.78, 5) is 44.8. The lowest BCUT2D eigenvalue weighted by atomic mass is 10.2. The third kappa shape index (κ3) is 15.6. The molecule has 0 aliphatic carbocycles. The summed E-state index contributed by atoms with van der Waals surface area (Å²) in [7, 11) is 2.13. The third-order valence-corrected chi connectivity index (χ3v) is 5.87. The van der Waals surface area contributed by atoms with Crippen LogP contribution >= 0.6 is 11.3 Å². The van der Waals surface area contributed by atoms with Gasteiger partial charge in [0.25, 0.3) is 0 Å². The number of nitrogens with zero attached hydrogens (tertiary/aromatic N) is 6. The number of aromatic nitrogens is 4. The Morgan fingerprint density at radius 2 is 1.43 bits per heavy atom. The molecule has 0 saturated heterocycles. The molecule has 3 aromatic rings. The summed E-state index contributed by atoms with van der Waals surface area (Å²) in [5, 5.41) is 24.6. The van der Waals surface area contributed by atoms with E-state index in [-0.39, 0.29) is 0 Å². The van der Waals surface area contributed by atoms with Gasteiger partial charge in [-0.05, 0) is 18.7 Å². The summed E-state index contributed by atoms with van der Waals surface area (Å²) >= 11 is 1.72. The van der Waals surface area contributed by atoms with Crippen molar-refractivity contribution in [3.8, 4) is 0 Å². The Kier molecular flexibility index (Phi) is 15.0. The van der Waals surface area contributed by atoms with Crippen LogP contribution in [0.2, 0.25) is 0 Å². The molecule has 0 fully saturated rings. The maximum absolute atomic E-state index is 10.6. The normalized spacial score (nSPS) is 13.2. The molecule has 256 valence electrons. The highest BCUT2D eigenvalue weighted by Gasteiger charge is 2.39. The topological polar surface area (TPSA) is 162 Å². The van der Waals surface area contributed by atoms with Crippen LogP contribution < -0.4 is 0 Å². The summed E-state index contributed by atoms with van der Waals surface area (Å²) in [6.45, 7) is 5.59. The molecule has 1 aliphatic heterocycles. The van der Waals surface area contributed by atoms with Crippen LogP contribution in [0.15, 0.2) is 42.3 Å². The molecule has 22 heteroatoms. The highest BCUT2D eigenvalue weighted by molar-refractivity contribution is 7.09. The number of carboxylic acid groups (broad SMARTS) is 3. The molecular formula is C24H25F9N6O6S. The maximum Gasteiger partial charge on any atom is 0.490 e. The zero-order chi connectivity index (χ0) is 35.3. The van der Waals surface area contributed by atoms with E-state index in [0.29, 0.717) is 0 Å². The highest BCUT2D eigenvalue weighted by atomic mass is 32.1. The molecule has 4 heterocycles. The van der Waals surface area contributed by atoms with Crippen molar-refractivity contribution in [2.45, 2.75) is 51.3 Å². The van der Waals surface area contributed by atoms with Crippen LogP contribution in [0.4, 0.5) is 39.5 Å². The summed E-state index contributed by atoms with van der Waals surface area (Å²) in [5.74, 6) is -7.11. The lowest BCUT2D eigenvalue weighted by Crippen LogP contribution is -2.33. The first-order chi connectivity index (χ1) is 21.1. The predicted octanol–water partition coefficient (Wildman–Crippen LogP) is 4.28. The van der Waals surface area contributed by atoms with E-state index in [1.54, 1.807) is 11.3 Å². The number of halogens is 9. The zero-order valence-corrected chi connectivity index (χ0v) is 24.2. The first kappa shape index (κ1) is 39.7. The molecular weight excluding hydrogens is 671 g/mol. The number of carbonyl (C=O) groups is 3. The van der Waals surface area contributed by atoms with Crippen LogP contribution in [0.3, 0.4) is 0 Å². The Hall–Kier alpha value is -4.31. The summed E-state index contributed by atoms with van der Waals surface area (Å²) in [6.07, 6.45) is -7.44. The van der Waals surface area contributed by atoms with Gasteiger partial charge in [0.05, 0.1) is 18.8 Å². The van der Waals surface area contributed by atoms with Gasteiger partial charge in [-0.3, -0.25) is 14.8 Å². The second-order valence-corrected chi connectivity index (χ2v) is 9.90. The van der Waals surface area contributed by atoms with Crippen molar-refractivity contribution in [1.82, 2.24) is 29.3 Å². The Bertz CT molecular complexity index is 1330. The number of hydrogen-bond acceptors (Lipinski definition) is 9. The van der Waals surface area contributed by atoms with Crippen molar-refractivity contribution in [3.05, 3.63) is 64.4 Å². The maximum atomic E-state index is 10.6. The van der Waals surface area contributed by atoms with Crippen molar-refractivity contribution in [2.75, 3.05) is 13.6 Å². The van der Waals surface area contributed by atoms with Gasteiger partial charge >= 0.3 is 36.4 Å². The van der Waals surface area contributed by atoms with E-state index in [4.69, 9.17) is 34.7 Å². The van der Waals surface area contributed by atoms with Crippen molar-refractivity contribution in [2.24, 2.45) is 0 Å². The SMILES string of the molecule is CN(Cc1cccnc1)Cc1cn2c(n1)CN(Cc1nccs1)CC2.O=C(O)C(F)(F)F.O=C(O)C(F)(F)F.O=C(O)C(F)(F)F. The summed E-state index contributed by atoms with van der Waals surface area (Å²) in [6, 6.07) is 4.09. The van der Waals surface area contributed by atoms with E-state index in [1.165, 1.54) is 10.6 Å². The first-order valence-electron chi connectivity index (χ1n) is 12.2. The van der Waals surface area contributed by atoms with Crippen LogP contribution in [0.1, 0.15) is 22.1 Å². The van der Waals surface area contributed by atoms with E-state index < -0.39 is 36.4 Å². The van der Waals surface area contributed by atoms with Gasteiger partial charge in [-0.2, -0.15) is 39.5 Å². The van der Waals surface area contributed by atoms with Crippen molar-refractivity contribution >= 4 is 29.2 Å². The molecule has 0 aromatic carbocycles. The molecule has 1 aliphatic rings. The summed E-state index contributed by atoms with van der Waals surface area (Å²) in [5.41, 5.74) is 2.36. The van der Waals surface area contributed by atoms with E-state index in [9.17, 15) is 39.5 Å².